The maximum Gasteiger partial charge on any atom is 0.253 e. The molecule has 2 atom stereocenters. The van der Waals surface area contributed by atoms with Crippen molar-refractivity contribution in [2.24, 2.45) is 11.7 Å². The quantitative estimate of drug-likeness (QED) is 0.755. The van der Waals surface area contributed by atoms with Gasteiger partial charge < -0.3 is 21.3 Å². The van der Waals surface area contributed by atoms with Crippen molar-refractivity contribution >= 4 is 34.0 Å². The molecule has 5 N–H and O–H groups in total. The number of pyridine rings is 1. The highest BCUT2D eigenvalue weighted by Gasteiger charge is 2.29. The molecule has 1 aliphatic heterocycles. The summed E-state index contributed by atoms with van der Waals surface area (Å²) in [5.41, 5.74) is 16.7. The maximum atomic E-state index is 12.2. The normalized spacial score (nSPS) is 22.6. The monoisotopic (exact) mass is 380 g/mol. The summed E-state index contributed by atoms with van der Waals surface area (Å²) in [6.45, 7) is 5.09. The molecule has 7 heteroatoms. The van der Waals surface area contributed by atoms with Gasteiger partial charge in [0.25, 0.3) is 5.91 Å². The summed E-state index contributed by atoms with van der Waals surface area (Å²) >= 11 is 0. The van der Waals surface area contributed by atoms with Gasteiger partial charge in [0, 0.05) is 23.2 Å². The highest BCUT2D eigenvalue weighted by molar-refractivity contribution is 6.11. The van der Waals surface area contributed by atoms with Crippen LogP contribution in [0.4, 0.5) is 5.82 Å². The molecule has 0 aromatic carbocycles. The van der Waals surface area contributed by atoms with Crippen LogP contribution in [-0.2, 0) is 4.74 Å². The van der Waals surface area contributed by atoms with Crippen LogP contribution in [0.5, 0.6) is 0 Å². The van der Waals surface area contributed by atoms with E-state index in [-0.39, 0.29) is 17.3 Å². The van der Waals surface area contributed by atoms with Crippen LogP contribution in [0.15, 0.2) is 36.1 Å². The van der Waals surface area contributed by atoms with E-state index >= 15 is 0 Å². The number of ether oxygens (including phenoxy) is 1. The van der Waals surface area contributed by atoms with Crippen LogP contribution in [-0.4, -0.2) is 39.9 Å². The number of carbonyl (C=O) groups is 1. The number of aliphatic hydroxyl groups excluding tert-OH is 1. The van der Waals surface area contributed by atoms with Gasteiger partial charge in [0.05, 0.1) is 24.9 Å². The smallest absolute Gasteiger partial charge is 0.253 e. The summed E-state index contributed by atoms with van der Waals surface area (Å²) in [5, 5.41) is 10.9. The average molecular weight is 380 g/mol. The fourth-order valence-corrected chi connectivity index (χ4v) is 4.05. The molecule has 7 nitrogen and oxygen atoms in total. The molecule has 0 bridgehead atoms. The zero-order chi connectivity index (χ0) is 20.0. The number of aromatic nitrogens is 2. The molecule has 4 rings (SSSR count). The lowest BCUT2D eigenvalue weighted by Crippen LogP contribution is -2.24. The van der Waals surface area contributed by atoms with Crippen molar-refractivity contribution in [2.45, 2.75) is 26.4 Å². The fourth-order valence-electron chi connectivity index (χ4n) is 4.05. The first-order chi connectivity index (χ1) is 13.4. The Bertz CT molecular complexity index is 1060. The minimum atomic E-state index is -0.640. The van der Waals surface area contributed by atoms with Crippen molar-refractivity contribution in [3.05, 3.63) is 47.2 Å². The Morgan fingerprint density at radius 2 is 2.21 bits per heavy atom. The lowest BCUT2D eigenvalue weighted by Gasteiger charge is -2.27. The summed E-state index contributed by atoms with van der Waals surface area (Å²) in [4.78, 5) is 16.9. The van der Waals surface area contributed by atoms with Gasteiger partial charge in [0.2, 0.25) is 0 Å². The molecule has 0 saturated heterocycles. The van der Waals surface area contributed by atoms with E-state index in [0.717, 1.165) is 28.8 Å². The van der Waals surface area contributed by atoms with Crippen LogP contribution in [0.3, 0.4) is 0 Å². The molecule has 2 aromatic heterocycles. The molecule has 0 radical (unpaired) electrons. The van der Waals surface area contributed by atoms with Crippen molar-refractivity contribution in [3.8, 4) is 0 Å². The number of rotatable bonds is 3. The second-order valence-corrected chi connectivity index (χ2v) is 7.32. The van der Waals surface area contributed by atoms with Crippen LogP contribution in [0.1, 0.15) is 36.2 Å². The van der Waals surface area contributed by atoms with Gasteiger partial charge in [-0.25, -0.2) is 4.98 Å². The number of anilines is 1. The first-order valence-electron chi connectivity index (χ1n) is 9.34. The third-order valence-corrected chi connectivity index (χ3v) is 5.56. The number of carbonyl (C=O) groups excluding carboxylic acids is 1. The van der Waals surface area contributed by atoms with E-state index in [1.165, 1.54) is 0 Å². The van der Waals surface area contributed by atoms with Crippen molar-refractivity contribution in [1.82, 2.24) is 9.55 Å². The highest BCUT2D eigenvalue weighted by Crippen LogP contribution is 2.38. The summed E-state index contributed by atoms with van der Waals surface area (Å²) in [6.07, 6.45) is 7.57. The number of hydrogen-bond donors (Lipinski definition) is 3. The topological polar surface area (TPSA) is 116 Å². The van der Waals surface area contributed by atoms with E-state index < -0.39 is 12.0 Å². The molecule has 0 spiro atoms. The Hall–Kier alpha value is -2.90. The van der Waals surface area contributed by atoms with Gasteiger partial charge in [-0.1, -0.05) is 25.2 Å². The third kappa shape index (κ3) is 2.83. The number of nitrogen functional groups attached to an aromatic ring is 1. The van der Waals surface area contributed by atoms with E-state index in [2.05, 4.69) is 4.98 Å². The number of nitrogens with two attached hydrogens (primary N) is 2. The molecule has 0 saturated carbocycles. The van der Waals surface area contributed by atoms with Crippen LogP contribution in [0.2, 0.25) is 0 Å². The zero-order valence-corrected chi connectivity index (χ0v) is 16.0. The standard InChI is InChI=1S/C21H24N4O3/c1-11-3-4-16(26)12(2)18(11)25-19(22)17(20(23)27)15-9-14(10-24-21(15)25)13-5-7-28-8-6-13/h3-5,9-10,12,16,26H,6-8,22H2,1-2H3,(H2,23,27)/t12-,16-/m1/s1. The van der Waals surface area contributed by atoms with Crippen molar-refractivity contribution in [3.63, 3.8) is 0 Å². The van der Waals surface area contributed by atoms with Crippen molar-refractivity contribution < 1.29 is 14.6 Å². The second kappa shape index (κ2) is 6.92. The minimum absolute atomic E-state index is 0.205. The predicted octanol–water partition coefficient (Wildman–Crippen LogP) is 2.32. The van der Waals surface area contributed by atoms with Gasteiger partial charge in [0.15, 0.2) is 0 Å². The van der Waals surface area contributed by atoms with E-state index in [9.17, 15) is 9.90 Å². The van der Waals surface area contributed by atoms with Crippen LogP contribution < -0.4 is 11.5 Å². The largest absolute Gasteiger partial charge is 0.388 e. The van der Waals surface area contributed by atoms with Gasteiger partial charge in [-0.05, 0) is 36.1 Å². The minimum Gasteiger partial charge on any atom is -0.388 e. The molecule has 3 heterocycles. The van der Waals surface area contributed by atoms with Gasteiger partial charge in [-0.3, -0.25) is 9.36 Å². The van der Waals surface area contributed by atoms with Gasteiger partial charge in [0.1, 0.15) is 11.5 Å². The number of allylic oxidation sites excluding steroid dienone is 2. The third-order valence-electron chi connectivity index (χ3n) is 5.56. The molecule has 1 amide bonds. The Morgan fingerprint density at radius 1 is 1.43 bits per heavy atom. The molecule has 2 aromatic rings. The fraction of sp³-hybridized carbons (Fsp3) is 0.333. The lowest BCUT2D eigenvalue weighted by molar-refractivity contribution is 0.100. The predicted molar refractivity (Wildman–Crippen MR) is 109 cm³/mol. The van der Waals surface area contributed by atoms with Crippen LogP contribution >= 0.6 is 0 Å². The Kier molecular flexibility index (Phi) is 4.56. The number of nitrogens with zero attached hydrogens (tertiary/aromatic N) is 2. The van der Waals surface area contributed by atoms with Crippen LogP contribution in [0, 0.1) is 5.92 Å². The van der Waals surface area contributed by atoms with E-state index in [1.807, 2.05) is 32.1 Å². The Balaban J connectivity index is 1.98. The zero-order valence-electron chi connectivity index (χ0n) is 16.0. The first kappa shape index (κ1) is 18.5. The van der Waals surface area contributed by atoms with Crippen molar-refractivity contribution in [1.29, 1.82) is 0 Å². The summed E-state index contributed by atoms with van der Waals surface area (Å²) in [5.74, 6) is -0.556. The molecular formula is C21H24N4O3. The van der Waals surface area contributed by atoms with Gasteiger partial charge in [-0.15, -0.1) is 0 Å². The summed E-state index contributed by atoms with van der Waals surface area (Å²) in [7, 11) is 0. The lowest BCUT2D eigenvalue weighted by atomic mass is 9.91. The summed E-state index contributed by atoms with van der Waals surface area (Å²) < 4.78 is 7.13. The molecule has 28 heavy (non-hydrogen) atoms. The SMILES string of the molecule is CC1=C(n2c(N)c(C(N)=O)c3cc(C4=CCOCC4)cnc32)[C@H](C)[C@H](O)C=C1. The highest BCUT2D eigenvalue weighted by atomic mass is 16.5. The van der Waals surface area contributed by atoms with Gasteiger partial charge in [-0.2, -0.15) is 0 Å². The number of aliphatic hydroxyl groups is 1. The Morgan fingerprint density at radius 3 is 2.89 bits per heavy atom. The van der Waals surface area contributed by atoms with E-state index in [4.69, 9.17) is 16.2 Å². The van der Waals surface area contributed by atoms with Crippen molar-refractivity contribution in [2.75, 3.05) is 18.9 Å². The molecule has 1 aliphatic carbocycles. The number of fused-ring (bicyclic) bond motifs is 1. The number of hydrogen-bond acceptors (Lipinski definition) is 5. The number of amides is 1. The average Bonchev–Trinajstić information content (AvgIpc) is 2.97. The van der Waals surface area contributed by atoms with Gasteiger partial charge >= 0.3 is 0 Å². The molecular weight excluding hydrogens is 356 g/mol. The summed E-state index contributed by atoms with van der Waals surface area (Å²) in [6, 6.07) is 1.92. The van der Waals surface area contributed by atoms with Crippen LogP contribution in [0.25, 0.3) is 22.3 Å². The molecule has 0 unspecified atom stereocenters. The molecule has 2 aliphatic rings. The molecule has 0 fully saturated rings. The number of primary amides is 1. The van der Waals surface area contributed by atoms with E-state index in [1.54, 1.807) is 16.8 Å². The second-order valence-electron chi connectivity index (χ2n) is 7.32. The first-order valence-corrected chi connectivity index (χ1v) is 9.34. The maximum absolute atomic E-state index is 12.2. The Labute approximate surface area is 163 Å². The molecule has 146 valence electrons. The van der Waals surface area contributed by atoms with E-state index in [0.29, 0.717) is 24.2 Å².